The summed E-state index contributed by atoms with van der Waals surface area (Å²) >= 11 is 3.28. The number of carbonyl (C=O) groups excluding carboxylic acids is 1. The van der Waals surface area contributed by atoms with Crippen molar-refractivity contribution in [2.75, 3.05) is 17.7 Å². The third-order valence-electron chi connectivity index (χ3n) is 2.46. The number of nitrogen functional groups attached to an aromatic ring is 1. The van der Waals surface area contributed by atoms with Gasteiger partial charge in [-0.3, -0.25) is 4.79 Å². The van der Waals surface area contributed by atoms with Gasteiger partial charge in [0.25, 0.3) is 5.91 Å². The highest BCUT2D eigenvalue weighted by molar-refractivity contribution is 9.10. The fourth-order valence-corrected chi connectivity index (χ4v) is 1.92. The Balaban J connectivity index is 1.94. The number of amides is 1. The quantitative estimate of drug-likeness (QED) is 0.841. The number of benzene rings is 2. The van der Waals surface area contributed by atoms with Crippen molar-refractivity contribution in [2.45, 2.75) is 0 Å². The van der Waals surface area contributed by atoms with Gasteiger partial charge in [0, 0.05) is 11.4 Å². The van der Waals surface area contributed by atoms with Crippen molar-refractivity contribution >= 4 is 33.2 Å². The van der Waals surface area contributed by atoms with Crippen LogP contribution in [0.3, 0.4) is 0 Å². The highest BCUT2D eigenvalue weighted by Gasteiger charge is 2.08. The first-order chi connectivity index (χ1) is 9.56. The number of carbonyl (C=O) groups is 1. The molecule has 0 atom stereocenters. The normalized spacial score (nSPS) is 10.1. The molecule has 20 heavy (non-hydrogen) atoms. The summed E-state index contributed by atoms with van der Waals surface area (Å²) in [6, 6.07) is 10.8. The molecule has 2 aromatic rings. The Labute approximate surface area is 123 Å². The summed E-state index contributed by atoms with van der Waals surface area (Å²) in [5.74, 6) is -0.327. The number of nitrogens with one attached hydrogen (secondary N) is 1. The molecule has 0 saturated heterocycles. The zero-order valence-corrected chi connectivity index (χ0v) is 12.0. The van der Waals surface area contributed by atoms with E-state index in [0.29, 0.717) is 21.6 Å². The number of hydrogen-bond acceptors (Lipinski definition) is 3. The zero-order chi connectivity index (χ0) is 14.5. The largest absolute Gasteiger partial charge is 0.483 e. The number of halogens is 2. The molecule has 0 bridgehead atoms. The zero-order valence-electron chi connectivity index (χ0n) is 10.4. The van der Waals surface area contributed by atoms with Crippen LogP contribution in [0.2, 0.25) is 0 Å². The predicted octanol–water partition coefficient (Wildman–Crippen LogP) is 3.19. The average Bonchev–Trinajstić information content (AvgIpc) is 2.40. The smallest absolute Gasteiger partial charge is 0.262 e. The fourth-order valence-electron chi connectivity index (χ4n) is 1.55. The molecule has 0 fully saturated rings. The fraction of sp³-hybridized carbons (Fsp3) is 0.0714. The van der Waals surface area contributed by atoms with Crippen molar-refractivity contribution in [1.82, 2.24) is 0 Å². The van der Waals surface area contributed by atoms with E-state index in [-0.39, 0.29) is 12.5 Å². The standard InChI is InChI=1S/C14H12BrFN2O2/c15-14-11(17)5-2-6-12(14)20-8-13(19)18-10-4-1-3-9(16)7-10/h1-7H,8,17H2,(H,18,19). The van der Waals surface area contributed by atoms with Crippen LogP contribution in [-0.4, -0.2) is 12.5 Å². The average molecular weight is 339 g/mol. The van der Waals surface area contributed by atoms with E-state index in [9.17, 15) is 9.18 Å². The second-order valence-corrected chi connectivity index (χ2v) is 4.80. The monoisotopic (exact) mass is 338 g/mol. The lowest BCUT2D eigenvalue weighted by atomic mass is 10.3. The molecule has 0 aliphatic rings. The van der Waals surface area contributed by atoms with Crippen LogP contribution >= 0.6 is 15.9 Å². The molecule has 0 radical (unpaired) electrons. The van der Waals surface area contributed by atoms with E-state index < -0.39 is 5.82 Å². The van der Waals surface area contributed by atoms with Crippen molar-refractivity contribution in [3.8, 4) is 5.75 Å². The molecule has 3 N–H and O–H groups in total. The minimum Gasteiger partial charge on any atom is -0.483 e. The molecule has 0 saturated carbocycles. The number of ether oxygens (including phenoxy) is 1. The van der Waals surface area contributed by atoms with Gasteiger partial charge in [-0.2, -0.15) is 0 Å². The Bertz CT molecular complexity index is 634. The molecule has 0 heterocycles. The van der Waals surface area contributed by atoms with Crippen LogP contribution in [0.15, 0.2) is 46.9 Å². The Morgan fingerprint density at radius 3 is 2.80 bits per heavy atom. The van der Waals surface area contributed by atoms with Gasteiger partial charge in [0.1, 0.15) is 11.6 Å². The molecule has 0 aromatic heterocycles. The topological polar surface area (TPSA) is 64.3 Å². The van der Waals surface area contributed by atoms with Gasteiger partial charge in [0.05, 0.1) is 4.47 Å². The molecule has 4 nitrogen and oxygen atoms in total. The highest BCUT2D eigenvalue weighted by atomic mass is 79.9. The summed E-state index contributed by atoms with van der Waals surface area (Å²) in [5.41, 5.74) is 6.60. The predicted molar refractivity (Wildman–Crippen MR) is 79.1 cm³/mol. The molecule has 2 rings (SSSR count). The Kier molecular flexibility index (Phi) is 4.57. The maximum atomic E-state index is 13.0. The first kappa shape index (κ1) is 14.3. The Morgan fingerprint density at radius 1 is 1.30 bits per heavy atom. The molecule has 0 aliphatic heterocycles. The second-order valence-electron chi connectivity index (χ2n) is 4.01. The van der Waals surface area contributed by atoms with Gasteiger partial charge >= 0.3 is 0 Å². The third-order valence-corrected chi connectivity index (χ3v) is 3.31. The minimum absolute atomic E-state index is 0.196. The van der Waals surface area contributed by atoms with E-state index >= 15 is 0 Å². The molecule has 6 heteroatoms. The summed E-state index contributed by atoms with van der Waals surface area (Å²) in [7, 11) is 0. The van der Waals surface area contributed by atoms with Crippen LogP contribution in [0.4, 0.5) is 15.8 Å². The van der Waals surface area contributed by atoms with Crippen molar-refractivity contribution in [3.63, 3.8) is 0 Å². The lowest BCUT2D eigenvalue weighted by molar-refractivity contribution is -0.118. The molecule has 0 unspecified atom stereocenters. The van der Waals surface area contributed by atoms with Crippen LogP contribution in [0.25, 0.3) is 0 Å². The van der Waals surface area contributed by atoms with E-state index in [4.69, 9.17) is 10.5 Å². The summed E-state index contributed by atoms with van der Waals surface area (Å²) in [6.07, 6.45) is 0. The number of rotatable bonds is 4. The summed E-state index contributed by atoms with van der Waals surface area (Å²) < 4.78 is 18.9. The van der Waals surface area contributed by atoms with Crippen molar-refractivity contribution in [1.29, 1.82) is 0 Å². The third kappa shape index (κ3) is 3.71. The van der Waals surface area contributed by atoms with Crippen molar-refractivity contribution in [3.05, 3.63) is 52.8 Å². The highest BCUT2D eigenvalue weighted by Crippen LogP contribution is 2.30. The maximum absolute atomic E-state index is 13.0. The van der Waals surface area contributed by atoms with Crippen LogP contribution in [-0.2, 0) is 4.79 Å². The first-order valence-corrected chi connectivity index (χ1v) is 6.58. The molecular weight excluding hydrogens is 327 g/mol. The van der Waals surface area contributed by atoms with E-state index in [1.165, 1.54) is 18.2 Å². The van der Waals surface area contributed by atoms with Crippen LogP contribution in [0.1, 0.15) is 0 Å². The van der Waals surface area contributed by atoms with Crippen LogP contribution in [0.5, 0.6) is 5.75 Å². The minimum atomic E-state index is -0.415. The molecule has 104 valence electrons. The summed E-state index contributed by atoms with van der Waals surface area (Å²) in [4.78, 5) is 11.7. The Morgan fingerprint density at radius 2 is 2.05 bits per heavy atom. The van der Waals surface area contributed by atoms with E-state index in [1.54, 1.807) is 24.3 Å². The SMILES string of the molecule is Nc1cccc(OCC(=O)Nc2cccc(F)c2)c1Br. The van der Waals surface area contributed by atoms with E-state index in [0.717, 1.165) is 0 Å². The molecular formula is C14H12BrFN2O2. The lowest BCUT2D eigenvalue weighted by Gasteiger charge is -2.10. The number of nitrogens with two attached hydrogens (primary N) is 1. The van der Waals surface area contributed by atoms with Gasteiger partial charge in [0.15, 0.2) is 6.61 Å². The van der Waals surface area contributed by atoms with Gasteiger partial charge in [-0.05, 0) is 46.3 Å². The van der Waals surface area contributed by atoms with Gasteiger partial charge < -0.3 is 15.8 Å². The summed E-state index contributed by atoms with van der Waals surface area (Å²) in [5, 5.41) is 2.54. The number of anilines is 2. The molecule has 0 aliphatic carbocycles. The van der Waals surface area contributed by atoms with Gasteiger partial charge in [-0.25, -0.2) is 4.39 Å². The maximum Gasteiger partial charge on any atom is 0.262 e. The molecule has 2 aromatic carbocycles. The van der Waals surface area contributed by atoms with Gasteiger partial charge in [0.2, 0.25) is 0 Å². The first-order valence-electron chi connectivity index (χ1n) is 5.78. The summed E-state index contributed by atoms with van der Waals surface area (Å²) in [6.45, 7) is -0.196. The van der Waals surface area contributed by atoms with Crippen LogP contribution < -0.4 is 15.8 Å². The van der Waals surface area contributed by atoms with Crippen molar-refractivity contribution in [2.24, 2.45) is 0 Å². The number of hydrogen-bond donors (Lipinski definition) is 2. The van der Waals surface area contributed by atoms with Crippen LogP contribution in [0, 0.1) is 5.82 Å². The van der Waals surface area contributed by atoms with Gasteiger partial charge in [-0.1, -0.05) is 12.1 Å². The molecule has 0 spiro atoms. The lowest BCUT2D eigenvalue weighted by Crippen LogP contribution is -2.20. The second kappa shape index (κ2) is 6.38. The molecule has 1 amide bonds. The van der Waals surface area contributed by atoms with Gasteiger partial charge in [-0.15, -0.1) is 0 Å². The van der Waals surface area contributed by atoms with E-state index in [1.807, 2.05) is 0 Å². The Hall–Kier alpha value is -2.08. The van der Waals surface area contributed by atoms with E-state index in [2.05, 4.69) is 21.2 Å². The van der Waals surface area contributed by atoms with Crippen molar-refractivity contribution < 1.29 is 13.9 Å².